The summed E-state index contributed by atoms with van der Waals surface area (Å²) in [4.78, 5) is 4.74. The summed E-state index contributed by atoms with van der Waals surface area (Å²) in [5.74, 6) is 1.40. The van der Waals surface area contributed by atoms with Gasteiger partial charge in [0, 0.05) is 12.5 Å². The van der Waals surface area contributed by atoms with Gasteiger partial charge in [-0.3, -0.25) is 4.99 Å². The Bertz CT molecular complexity index is 258. The summed E-state index contributed by atoms with van der Waals surface area (Å²) in [5.41, 5.74) is 6.02. The van der Waals surface area contributed by atoms with E-state index in [1.165, 1.54) is 25.7 Å². The van der Waals surface area contributed by atoms with E-state index in [-0.39, 0.29) is 11.6 Å². The van der Waals surface area contributed by atoms with Crippen LogP contribution in [0.2, 0.25) is 0 Å². The van der Waals surface area contributed by atoms with Gasteiger partial charge in [0.15, 0.2) is 0 Å². The molecule has 15 heavy (non-hydrogen) atoms. The van der Waals surface area contributed by atoms with E-state index in [0.29, 0.717) is 5.92 Å². The molecule has 2 rings (SSSR count). The van der Waals surface area contributed by atoms with Crippen LogP contribution in [-0.2, 0) is 4.74 Å². The van der Waals surface area contributed by atoms with E-state index in [9.17, 15) is 0 Å². The first-order valence-corrected chi connectivity index (χ1v) is 6.09. The molecule has 2 N–H and O–H groups in total. The minimum absolute atomic E-state index is 0.0767. The average molecular weight is 210 g/mol. The molecule has 3 nitrogen and oxygen atoms in total. The number of nitrogens with two attached hydrogens (primary N) is 1. The smallest absolute Gasteiger partial charge is 0.0976 e. The van der Waals surface area contributed by atoms with Crippen LogP contribution in [0.25, 0.3) is 0 Å². The molecule has 2 unspecified atom stereocenters. The van der Waals surface area contributed by atoms with E-state index in [1.807, 2.05) is 0 Å². The van der Waals surface area contributed by atoms with Crippen molar-refractivity contribution in [2.45, 2.75) is 57.6 Å². The summed E-state index contributed by atoms with van der Waals surface area (Å²) in [6.45, 7) is 5.07. The molecule has 0 bridgehead atoms. The third-order valence-electron chi connectivity index (χ3n) is 4.01. The van der Waals surface area contributed by atoms with Crippen LogP contribution in [0.5, 0.6) is 0 Å². The predicted octanol–water partition coefficient (Wildman–Crippen LogP) is 2.10. The van der Waals surface area contributed by atoms with Crippen LogP contribution in [0.4, 0.5) is 0 Å². The molecule has 0 amide bonds. The van der Waals surface area contributed by atoms with Crippen molar-refractivity contribution in [2.24, 2.45) is 16.6 Å². The van der Waals surface area contributed by atoms with Crippen molar-refractivity contribution < 1.29 is 4.74 Å². The van der Waals surface area contributed by atoms with Crippen LogP contribution in [0.15, 0.2) is 4.99 Å². The van der Waals surface area contributed by atoms with Gasteiger partial charge >= 0.3 is 0 Å². The van der Waals surface area contributed by atoms with Gasteiger partial charge in [0.2, 0.25) is 0 Å². The molecule has 1 aliphatic heterocycles. The van der Waals surface area contributed by atoms with Crippen molar-refractivity contribution in [2.75, 3.05) is 6.61 Å². The lowest BCUT2D eigenvalue weighted by atomic mass is 9.95. The van der Waals surface area contributed by atoms with E-state index in [1.54, 1.807) is 0 Å². The quantitative estimate of drug-likeness (QED) is 0.560. The maximum Gasteiger partial charge on any atom is 0.0976 e. The maximum absolute atomic E-state index is 6.10. The SMILES string of the molecule is CC1OCCC1(C)N=C(N)C1CCCC1. The first kappa shape index (κ1) is 10.9. The summed E-state index contributed by atoms with van der Waals surface area (Å²) < 4.78 is 5.57. The topological polar surface area (TPSA) is 47.6 Å². The molecular weight excluding hydrogens is 188 g/mol. The molecule has 0 radical (unpaired) electrons. The summed E-state index contributed by atoms with van der Waals surface area (Å²) >= 11 is 0. The van der Waals surface area contributed by atoms with Crippen LogP contribution in [0, 0.1) is 5.92 Å². The van der Waals surface area contributed by atoms with Gasteiger partial charge in [0.25, 0.3) is 0 Å². The lowest BCUT2D eigenvalue weighted by Gasteiger charge is -2.24. The highest BCUT2D eigenvalue weighted by Crippen LogP contribution is 2.31. The molecule has 2 atom stereocenters. The second kappa shape index (κ2) is 4.12. The van der Waals surface area contributed by atoms with E-state index >= 15 is 0 Å². The van der Waals surface area contributed by atoms with Gasteiger partial charge in [-0.15, -0.1) is 0 Å². The van der Waals surface area contributed by atoms with Gasteiger partial charge in [-0.25, -0.2) is 0 Å². The standard InChI is InChI=1S/C12H22N2O/c1-9-12(2,7-8-15-9)14-11(13)10-5-3-4-6-10/h9-10H,3-8H2,1-2H3,(H2,13,14). The van der Waals surface area contributed by atoms with E-state index in [0.717, 1.165) is 18.9 Å². The predicted molar refractivity (Wildman–Crippen MR) is 62.0 cm³/mol. The third kappa shape index (κ3) is 2.17. The summed E-state index contributed by atoms with van der Waals surface area (Å²) in [7, 11) is 0. The van der Waals surface area contributed by atoms with Crippen molar-refractivity contribution in [3.63, 3.8) is 0 Å². The minimum atomic E-state index is -0.0767. The lowest BCUT2D eigenvalue weighted by molar-refractivity contribution is 0.101. The molecule has 1 saturated carbocycles. The van der Waals surface area contributed by atoms with Gasteiger partial charge in [-0.1, -0.05) is 12.8 Å². The molecule has 2 fully saturated rings. The second-order valence-corrected chi connectivity index (χ2v) is 5.14. The van der Waals surface area contributed by atoms with Crippen LogP contribution >= 0.6 is 0 Å². The highest BCUT2D eigenvalue weighted by Gasteiger charge is 2.37. The Kier molecular flexibility index (Phi) is 3.01. The summed E-state index contributed by atoms with van der Waals surface area (Å²) in [5, 5.41) is 0. The Hall–Kier alpha value is -0.570. The molecular formula is C12H22N2O. The zero-order chi connectivity index (χ0) is 10.9. The summed E-state index contributed by atoms with van der Waals surface area (Å²) in [6.07, 6.45) is 6.27. The number of rotatable bonds is 2. The molecule has 1 saturated heterocycles. The van der Waals surface area contributed by atoms with Gasteiger partial charge in [0.05, 0.1) is 17.5 Å². The van der Waals surface area contributed by atoms with E-state index in [2.05, 4.69) is 13.8 Å². The Balaban J connectivity index is 2.07. The van der Waals surface area contributed by atoms with Crippen molar-refractivity contribution in [1.82, 2.24) is 0 Å². The molecule has 0 aromatic carbocycles. The Morgan fingerprint density at radius 3 is 2.60 bits per heavy atom. The van der Waals surface area contributed by atoms with Crippen molar-refractivity contribution in [3.8, 4) is 0 Å². The fraction of sp³-hybridized carbons (Fsp3) is 0.917. The first-order valence-electron chi connectivity index (χ1n) is 6.09. The first-order chi connectivity index (χ1) is 7.12. The van der Waals surface area contributed by atoms with E-state index in [4.69, 9.17) is 15.5 Å². The van der Waals surface area contributed by atoms with Gasteiger partial charge in [-0.05, 0) is 33.1 Å². The zero-order valence-corrected chi connectivity index (χ0v) is 9.83. The van der Waals surface area contributed by atoms with Gasteiger partial charge < -0.3 is 10.5 Å². The van der Waals surface area contributed by atoms with Crippen molar-refractivity contribution in [1.29, 1.82) is 0 Å². The Labute approximate surface area is 92.1 Å². The highest BCUT2D eigenvalue weighted by molar-refractivity contribution is 5.83. The normalized spacial score (nSPS) is 38.8. The molecule has 1 aliphatic carbocycles. The fourth-order valence-corrected chi connectivity index (χ4v) is 2.58. The highest BCUT2D eigenvalue weighted by atomic mass is 16.5. The van der Waals surface area contributed by atoms with Gasteiger partial charge in [0.1, 0.15) is 0 Å². The number of ether oxygens (including phenoxy) is 1. The number of hydrogen-bond donors (Lipinski definition) is 1. The molecule has 2 aliphatic rings. The minimum Gasteiger partial charge on any atom is -0.387 e. The van der Waals surface area contributed by atoms with Crippen LogP contribution in [0.1, 0.15) is 46.0 Å². The van der Waals surface area contributed by atoms with Crippen molar-refractivity contribution >= 4 is 5.84 Å². The van der Waals surface area contributed by atoms with Crippen LogP contribution in [0.3, 0.4) is 0 Å². The van der Waals surface area contributed by atoms with Crippen molar-refractivity contribution in [3.05, 3.63) is 0 Å². The monoisotopic (exact) mass is 210 g/mol. The second-order valence-electron chi connectivity index (χ2n) is 5.14. The number of aliphatic imine (C=N–C) groups is 1. The average Bonchev–Trinajstić information content (AvgIpc) is 2.78. The van der Waals surface area contributed by atoms with Crippen LogP contribution in [-0.4, -0.2) is 24.1 Å². The van der Waals surface area contributed by atoms with Gasteiger partial charge in [-0.2, -0.15) is 0 Å². The molecule has 86 valence electrons. The third-order valence-corrected chi connectivity index (χ3v) is 4.01. The summed E-state index contributed by atoms with van der Waals surface area (Å²) in [6, 6.07) is 0. The molecule has 0 spiro atoms. The molecule has 1 heterocycles. The fourth-order valence-electron chi connectivity index (χ4n) is 2.58. The number of nitrogens with zero attached hydrogens (tertiary/aromatic N) is 1. The Morgan fingerprint density at radius 2 is 2.07 bits per heavy atom. The lowest BCUT2D eigenvalue weighted by Crippen LogP contribution is -2.35. The molecule has 3 heteroatoms. The molecule has 0 aromatic heterocycles. The number of amidine groups is 1. The zero-order valence-electron chi connectivity index (χ0n) is 9.83. The number of hydrogen-bond acceptors (Lipinski definition) is 2. The largest absolute Gasteiger partial charge is 0.387 e. The van der Waals surface area contributed by atoms with Crippen LogP contribution < -0.4 is 5.73 Å². The molecule has 0 aromatic rings. The van der Waals surface area contributed by atoms with E-state index < -0.39 is 0 Å². The Morgan fingerprint density at radius 1 is 1.40 bits per heavy atom. The maximum atomic E-state index is 6.10.